The van der Waals surface area contributed by atoms with Crippen LogP contribution >= 0.6 is 23.1 Å². The minimum Gasteiger partial charge on any atom is -0.481 e. The maximum atomic E-state index is 10.9. The Labute approximate surface area is 155 Å². The van der Waals surface area contributed by atoms with Crippen LogP contribution in [0.3, 0.4) is 0 Å². The van der Waals surface area contributed by atoms with E-state index in [1.54, 1.807) is 23.1 Å². The third kappa shape index (κ3) is 4.71. The minimum atomic E-state index is -0.757. The summed E-state index contributed by atoms with van der Waals surface area (Å²) in [5.74, 6) is -0.757. The van der Waals surface area contributed by atoms with Gasteiger partial charge in [-0.15, -0.1) is 23.1 Å². The average Bonchev–Trinajstić information content (AvgIpc) is 3.05. The number of carbonyl (C=O) groups is 1. The van der Waals surface area contributed by atoms with Gasteiger partial charge in [-0.05, 0) is 60.6 Å². The summed E-state index contributed by atoms with van der Waals surface area (Å²) < 4.78 is 1.15. The Hall–Kier alpha value is -2.11. The second kappa shape index (κ2) is 8.32. The first-order chi connectivity index (χ1) is 12.2. The Bertz CT molecular complexity index is 864. The van der Waals surface area contributed by atoms with Gasteiger partial charge in [0.05, 0.1) is 10.2 Å². The van der Waals surface area contributed by atoms with E-state index in [0.29, 0.717) is 12.8 Å². The molecule has 0 atom stereocenters. The molecule has 0 unspecified atom stereocenters. The fraction of sp³-hybridized carbons (Fsp3) is 0.200. The van der Waals surface area contributed by atoms with Crippen LogP contribution in [-0.4, -0.2) is 22.3 Å². The number of hydrogen-bond donors (Lipinski definition) is 1. The molecule has 25 heavy (non-hydrogen) atoms. The Balaban J connectivity index is 1.92. The van der Waals surface area contributed by atoms with Gasteiger partial charge in [0.25, 0.3) is 0 Å². The fourth-order valence-electron chi connectivity index (χ4n) is 2.58. The molecule has 3 rings (SSSR count). The molecule has 0 spiro atoms. The van der Waals surface area contributed by atoms with Crippen molar-refractivity contribution in [1.82, 2.24) is 4.98 Å². The van der Waals surface area contributed by atoms with Crippen LogP contribution in [0, 0.1) is 0 Å². The lowest BCUT2D eigenvalue weighted by molar-refractivity contribution is -0.137. The summed E-state index contributed by atoms with van der Waals surface area (Å²) in [6, 6.07) is 16.5. The van der Waals surface area contributed by atoms with Gasteiger partial charge in [-0.25, -0.2) is 4.98 Å². The fourth-order valence-corrected chi connectivity index (χ4v) is 4.00. The van der Waals surface area contributed by atoms with Gasteiger partial charge < -0.3 is 5.11 Å². The normalized spacial score (nSPS) is 11.8. The van der Waals surface area contributed by atoms with Gasteiger partial charge in [0, 0.05) is 11.3 Å². The molecule has 3 nitrogen and oxygen atoms in total. The molecule has 0 aliphatic carbocycles. The number of aromatic nitrogens is 1. The van der Waals surface area contributed by atoms with Gasteiger partial charge in [0.2, 0.25) is 0 Å². The lowest BCUT2D eigenvalue weighted by atomic mass is 10.1. The zero-order chi connectivity index (χ0) is 17.6. The van der Waals surface area contributed by atoms with Crippen molar-refractivity contribution in [2.45, 2.75) is 24.2 Å². The summed E-state index contributed by atoms with van der Waals surface area (Å²) in [5.41, 5.74) is 3.20. The lowest BCUT2D eigenvalue weighted by Crippen LogP contribution is -1.94. The van der Waals surface area contributed by atoms with Crippen molar-refractivity contribution in [3.8, 4) is 0 Å². The standard InChI is InChI=1S/C20H19NO2S2/c1-24-16-11-9-14(10-12-16)13-15(5-4-8-19(22)23)20-21-17-6-2-3-7-18(17)25-20/h2-3,6-7,9-13H,4-5,8H2,1H3,(H,22,23). The Morgan fingerprint density at radius 1 is 1.16 bits per heavy atom. The zero-order valence-electron chi connectivity index (χ0n) is 13.9. The maximum Gasteiger partial charge on any atom is 0.303 e. The van der Waals surface area contributed by atoms with Crippen LogP contribution < -0.4 is 0 Å². The first-order valence-corrected chi connectivity index (χ1v) is 10.1. The number of allylic oxidation sites excluding steroid dienone is 1. The van der Waals surface area contributed by atoms with E-state index in [0.717, 1.165) is 26.4 Å². The van der Waals surface area contributed by atoms with Crippen LogP contribution in [0.4, 0.5) is 0 Å². The number of carboxylic acid groups (broad SMARTS) is 1. The van der Waals surface area contributed by atoms with Gasteiger partial charge in [0.1, 0.15) is 5.01 Å². The summed E-state index contributed by atoms with van der Waals surface area (Å²) >= 11 is 3.38. The Morgan fingerprint density at radius 2 is 1.92 bits per heavy atom. The summed E-state index contributed by atoms with van der Waals surface area (Å²) in [5, 5.41) is 9.90. The Morgan fingerprint density at radius 3 is 2.60 bits per heavy atom. The van der Waals surface area contributed by atoms with Crippen LogP contribution in [0.2, 0.25) is 0 Å². The highest BCUT2D eigenvalue weighted by Crippen LogP contribution is 2.31. The van der Waals surface area contributed by atoms with E-state index in [1.165, 1.54) is 4.90 Å². The molecular weight excluding hydrogens is 350 g/mol. The van der Waals surface area contributed by atoms with Crippen molar-refractivity contribution >= 4 is 50.9 Å². The highest BCUT2D eigenvalue weighted by Gasteiger charge is 2.10. The molecular formula is C20H19NO2S2. The van der Waals surface area contributed by atoms with E-state index in [9.17, 15) is 4.79 Å². The summed E-state index contributed by atoms with van der Waals surface area (Å²) in [4.78, 5) is 16.8. The first kappa shape index (κ1) is 17.7. The molecule has 5 heteroatoms. The number of thioether (sulfide) groups is 1. The molecule has 0 fully saturated rings. The number of rotatable bonds is 7. The van der Waals surface area contributed by atoms with E-state index in [2.05, 4.69) is 42.7 Å². The van der Waals surface area contributed by atoms with Crippen molar-refractivity contribution in [3.63, 3.8) is 0 Å². The van der Waals surface area contributed by atoms with E-state index in [4.69, 9.17) is 10.1 Å². The van der Waals surface area contributed by atoms with Gasteiger partial charge in [0.15, 0.2) is 0 Å². The smallest absolute Gasteiger partial charge is 0.303 e. The van der Waals surface area contributed by atoms with Crippen molar-refractivity contribution in [3.05, 3.63) is 59.1 Å². The SMILES string of the molecule is CSc1ccc(C=C(CCCC(=O)O)c2nc3ccccc3s2)cc1. The topological polar surface area (TPSA) is 50.2 Å². The maximum absolute atomic E-state index is 10.9. The molecule has 0 saturated carbocycles. The monoisotopic (exact) mass is 369 g/mol. The summed E-state index contributed by atoms with van der Waals surface area (Å²) in [6.07, 6.45) is 5.68. The third-order valence-electron chi connectivity index (χ3n) is 3.86. The van der Waals surface area contributed by atoms with Crippen molar-refractivity contribution < 1.29 is 9.90 Å². The van der Waals surface area contributed by atoms with Crippen LogP contribution in [-0.2, 0) is 4.79 Å². The number of fused-ring (bicyclic) bond motifs is 1. The van der Waals surface area contributed by atoms with E-state index in [-0.39, 0.29) is 6.42 Å². The summed E-state index contributed by atoms with van der Waals surface area (Å²) in [7, 11) is 0. The molecule has 0 aliphatic rings. The van der Waals surface area contributed by atoms with E-state index < -0.39 is 5.97 Å². The molecule has 0 radical (unpaired) electrons. The number of thiazole rings is 1. The van der Waals surface area contributed by atoms with Crippen molar-refractivity contribution in [1.29, 1.82) is 0 Å². The van der Waals surface area contributed by atoms with E-state index in [1.807, 2.05) is 18.2 Å². The lowest BCUT2D eigenvalue weighted by Gasteiger charge is -2.05. The van der Waals surface area contributed by atoms with Gasteiger partial charge >= 0.3 is 5.97 Å². The minimum absolute atomic E-state index is 0.174. The molecule has 1 N–H and O–H groups in total. The highest BCUT2D eigenvalue weighted by atomic mass is 32.2. The first-order valence-electron chi connectivity index (χ1n) is 8.08. The molecule has 2 aromatic carbocycles. The molecule has 0 saturated heterocycles. The largest absolute Gasteiger partial charge is 0.481 e. The van der Waals surface area contributed by atoms with Crippen LogP contribution in [0.5, 0.6) is 0 Å². The number of benzene rings is 2. The van der Waals surface area contributed by atoms with Gasteiger partial charge in [-0.1, -0.05) is 24.3 Å². The zero-order valence-corrected chi connectivity index (χ0v) is 15.6. The second-order valence-electron chi connectivity index (χ2n) is 5.68. The number of hydrogen-bond acceptors (Lipinski definition) is 4. The predicted octanol–water partition coefficient (Wildman–Crippen LogP) is 5.81. The molecule has 0 aliphatic heterocycles. The summed E-state index contributed by atoms with van der Waals surface area (Å²) in [6.45, 7) is 0. The number of aliphatic carboxylic acids is 1. The van der Waals surface area contributed by atoms with Crippen LogP contribution in [0.15, 0.2) is 53.4 Å². The molecule has 1 heterocycles. The predicted molar refractivity (Wildman–Crippen MR) is 107 cm³/mol. The van der Waals surface area contributed by atoms with Gasteiger partial charge in [-0.2, -0.15) is 0 Å². The van der Waals surface area contributed by atoms with Crippen molar-refractivity contribution in [2.75, 3.05) is 6.26 Å². The highest BCUT2D eigenvalue weighted by molar-refractivity contribution is 7.98. The van der Waals surface area contributed by atoms with Gasteiger partial charge in [-0.3, -0.25) is 4.79 Å². The molecule has 3 aromatic rings. The molecule has 128 valence electrons. The molecule has 1 aromatic heterocycles. The molecule has 0 bridgehead atoms. The number of carboxylic acids is 1. The Kier molecular flexibility index (Phi) is 5.89. The average molecular weight is 370 g/mol. The number of para-hydroxylation sites is 1. The van der Waals surface area contributed by atoms with Crippen molar-refractivity contribution in [2.24, 2.45) is 0 Å². The second-order valence-corrected chi connectivity index (χ2v) is 7.59. The number of nitrogens with zero attached hydrogens (tertiary/aromatic N) is 1. The third-order valence-corrected chi connectivity index (χ3v) is 5.72. The van der Waals surface area contributed by atoms with Crippen LogP contribution in [0.1, 0.15) is 29.8 Å². The van der Waals surface area contributed by atoms with E-state index >= 15 is 0 Å². The quantitative estimate of drug-likeness (QED) is 0.534. The molecule has 0 amide bonds. The van der Waals surface area contributed by atoms with Crippen LogP contribution in [0.25, 0.3) is 21.9 Å².